The summed E-state index contributed by atoms with van der Waals surface area (Å²) in [5.41, 5.74) is 7.11. The molecule has 0 saturated heterocycles. The predicted octanol–water partition coefficient (Wildman–Crippen LogP) is 4.87. The summed E-state index contributed by atoms with van der Waals surface area (Å²) in [4.78, 5) is 30.5. The van der Waals surface area contributed by atoms with Gasteiger partial charge < -0.3 is 19.5 Å². The number of methoxy groups -OCH3 is 2. The summed E-state index contributed by atoms with van der Waals surface area (Å²) >= 11 is 0. The van der Waals surface area contributed by atoms with Gasteiger partial charge in [0.2, 0.25) is 0 Å². The highest BCUT2D eigenvalue weighted by molar-refractivity contribution is 5.99. The van der Waals surface area contributed by atoms with E-state index < -0.39 is 17.9 Å². The van der Waals surface area contributed by atoms with Gasteiger partial charge in [0.05, 0.1) is 19.9 Å². The van der Waals surface area contributed by atoms with Crippen molar-refractivity contribution < 1.29 is 28.6 Å². The Bertz CT molecular complexity index is 1350. The highest BCUT2D eigenvalue weighted by Crippen LogP contribution is 2.43. The van der Waals surface area contributed by atoms with E-state index in [9.17, 15) is 19.1 Å². The molecule has 0 fully saturated rings. The van der Waals surface area contributed by atoms with Gasteiger partial charge in [-0.3, -0.25) is 0 Å². The van der Waals surface area contributed by atoms with Crippen LogP contribution >= 0.6 is 0 Å². The van der Waals surface area contributed by atoms with E-state index in [4.69, 9.17) is 14.5 Å². The van der Waals surface area contributed by atoms with Crippen molar-refractivity contribution >= 4 is 12.1 Å². The lowest BCUT2D eigenvalue weighted by molar-refractivity contribution is 0.0595. The molecular formula is C27H25FN2O5. The van der Waals surface area contributed by atoms with Crippen LogP contribution in [0.5, 0.6) is 5.75 Å². The van der Waals surface area contributed by atoms with E-state index in [1.165, 1.54) is 31.3 Å². The van der Waals surface area contributed by atoms with E-state index in [-0.39, 0.29) is 5.69 Å². The summed E-state index contributed by atoms with van der Waals surface area (Å²) in [5, 5.41) is 9.32. The number of rotatable bonds is 4. The van der Waals surface area contributed by atoms with Crippen molar-refractivity contribution in [1.82, 2.24) is 9.88 Å². The molecule has 3 aromatic rings. The Morgan fingerprint density at radius 1 is 1.03 bits per heavy atom. The Morgan fingerprint density at radius 2 is 1.83 bits per heavy atom. The van der Waals surface area contributed by atoms with Crippen LogP contribution < -0.4 is 4.74 Å². The molecule has 8 heteroatoms. The van der Waals surface area contributed by atoms with Crippen LogP contribution in [0.25, 0.3) is 22.4 Å². The maximum Gasteiger partial charge on any atom is 0.407 e. The van der Waals surface area contributed by atoms with Gasteiger partial charge in [-0.05, 0) is 66.1 Å². The molecule has 1 aliphatic carbocycles. The second-order valence-electron chi connectivity index (χ2n) is 8.77. The Hall–Kier alpha value is -3.94. The number of fused-ring (bicyclic) bond motifs is 2. The van der Waals surface area contributed by atoms with Gasteiger partial charge in [-0.1, -0.05) is 12.1 Å². The Kier molecular flexibility index (Phi) is 5.88. The van der Waals surface area contributed by atoms with E-state index in [1.807, 2.05) is 12.1 Å². The molecule has 0 radical (unpaired) electrons. The van der Waals surface area contributed by atoms with Gasteiger partial charge in [-0.25, -0.2) is 19.0 Å². The maximum absolute atomic E-state index is 13.9. The Balaban J connectivity index is 1.69. The Labute approximate surface area is 202 Å². The smallest absolute Gasteiger partial charge is 0.407 e. The van der Waals surface area contributed by atoms with Crippen LogP contribution in [0.1, 0.15) is 39.2 Å². The molecular weight excluding hydrogens is 451 g/mol. The van der Waals surface area contributed by atoms with Crippen molar-refractivity contribution in [1.29, 1.82) is 0 Å². The first-order chi connectivity index (χ1) is 16.9. The molecule has 2 heterocycles. The fourth-order valence-electron chi connectivity index (χ4n) is 5.17. The lowest BCUT2D eigenvalue weighted by Crippen LogP contribution is -2.34. The number of benzene rings is 2. The average molecular weight is 477 g/mol. The highest BCUT2D eigenvalue weighted by Gasteiger charge is 2.30. The number of hydrogen-bond donors (Lipinski definition) is 1. The number of aromatic nitrogens is 1. The second-order valence-corrected chi connectivity index (χ2v) is 8.77. The first-order valence-electron chi connectivity index (χ1n) is 11.5. The molecule has 1 N–H and O–H groups in total. The third-order valence-corrected chi connectivity index (χ3v) is 6.84. The molecule has 1 aromatic heterocycles. The van der Waals surface area contributed by atoms with Crippen molar-refractivity contribution in [3.05, 3.63) is 70.2 Å². The van der Waals surface area contributed by atoms with Crippen molar-refractivity contribution in [2.24, 2.45) is 0 Å². The molecule has 2 aromatic carbocycles. The first kappa shape index (κ1) is 22.8. The normalized spacial score (nSPS) is 14.3. The Morgan fingerprint density at radius 3 is 2.57 bits per heavy atom. The first-order valence-corrected chi connectivity index (χ1v) is 11.5. The molecule has 1 aliphatic heterocycles. The van der Waals surface area contributed by atoms with Crippen LogP contribution in [-0.2, 0) is 30.5 Å². The zero-order chi connectivity index (χ0) is 24.7. The van der Waals surface area contributed by atoms with Gasteiger partial charge in [0.15, 0.2) is 5.69 Å². The lowest BCUT2D eigenvalue weighted by Gasteiger charge is -2.27. The number of amides is 1. The van der Waals surface area contributed by atoms with Crippen molar-refractivity contribution in [2.45, 2.75) is 32.2 Å². The third-order valence-electron chi connectivity index (χ3n) is 6.84. The SMILES string of the molecule is COC(=O)c1nc(-c2ccc3c(c2)CCN(C(=O)O)C3)c2c(c1-c1ccc(F)cc1OC)CCC2. The zero-order valence-corrected chi connectivity index (χ0v) is 19.6. The summed E-state index contributed by atoms with van der Waals surface area (Å²) in [6.45, 7) is 0.793. The number of hydrogen-bond acceptors (Lipinski definition) is 5. The van der Waals surface area contributed by atoms with Gasteiger partial charge in [0.1, 0.15) is 11.6 Å². The van der Waals surface area contributed by atoms with E-state index >= 15 is 0 Å². The predicted molar refractivity (Wildman–Crippen MR) is 127 cm³/mol. The van der Waals surface area contributed by atoms with E-state index in [2.05, 4.69) is 6.07 Å². The number of halogens is 1. The maximum atomic E-state index is 13.9. The molecule has 35 heavy (non-hydrogen) atoms. The molecule has 0 spiro atoms. The number of ether oxygens (including phenoxy) is 2. The van der Waals surface area contributed by atoms with E-state index in [1.54, 1.807) is 6.07 Å². The minimum Gasteiger partial charge on any atom is -0.496 e. The summed E-state index contributed by atoms with van der Waals surface area (Å²) < 4.78 is 24.5. The fourth-order valence-corrected chi connectivity index (χ4v) is 5.17. The van der Waals surface area contributed by atoms with E-state index in [0.29, 0.717) is 36.4 Å². The molecule has 180 valence electrons. The molecule has 1 amide bonds. The van der Waals surface area contributed by atoms with Crippen molar-refractivity contribution in [3.8, 4) is 28.1 Å². The summed E-state index contributed by atoms with van der Waals surface area (Å²) in [5.74, 6) is -0.671. The average Bonchev–Trinajstić information content (AvgIpc) is 3.36. The van der Waals surface area contributed by atoms with Crippen LogP contribution in [0.2, 0.25) is 0 Å². The topological polar surface area (TPSA) is 89.0 Å². The summed E-state index contributed by atoms with van der Waals surface area (Å²) in [6.07, 6.45) is 2.16. The summed E-state index contributed by atoms with van der Waals surface area (Å²) in [7, 11) is 2.78. The van der Waals surface area contributed by atoms with Crippen LogP contribution in [0.3, 0.4) is 0 Å². The molecule has 0 bridgehead atoms. The molecule has 0 saturated carbocycles. The van der Waals surface area contributed by atoms with Gasteiger partial charge in [-0.15, -0.1) is 0 Å². The molecule has 0 atom stereocenters. The summed E-state index contributed by atoms with van der Waals surface area (Å²) in [6, 6.07) is 10.2. The van der Waals surface area contributed by atoms with Crippen LogP contribution in [0.4, 0.5) is 9.18 Å². The monoisotopic (exact) mass is 476 g/mol. The number of carboxylic acid groups (broad SMARTS) is 1. The van der Waals surface area contributed by atoms with Gasteiger partial charge in [0.25, 0.3) is 0 Å². The molecule has 5 rings (SSSR count). The third kappa shape index (κ3) is 3.99. The number of carbonyl (C=O) groups is 2. The van der Waals surface area contributed by atoms with Crippen molar-refractivity contribution in [3.63, 3.8) is 0 Å². The molecule has 2 aliphatic rings. The molecule has 0 unspecified atom stereocenters. The fraction of sp³-hybridized carbons (Fsp3) is 0.296. The second kappa shape index (κ2) is 9.02. The largest absolute Gasteiger partial charge is 0.496 e. The number of nitrogens with zero attached hydrogens (tertiary/aromatic N) is 2. The van der Waals surface area contributed by atoms with Crippen LogP contribution in [0.15, 0.2) is 36.4 Å². The number of pyridine rings is 1. The van der Waals surface area contributed by atoms with E-state index in [0.717, 1.165) is 52.8 Å². The standard InChI is InChI=1S/C27H25FN2O5/c1-34-22-13-18(28)8-9-21(22)23-19-4-3-5-20(19)24(29-25(23)26(31)35-2)16-6-7-17-14-30(27(32)33)11-10-15(17)12-16/h6-9,12-13H,3-5,10-11,14H2,1-2H3,(H,32,33). The lowest BCUT2D eigenvalue weighted by atomic mass is 9.90. The minimum absolute atomic E-state index is 0.169. The minimum atomic E-state index is -0.922. The molecule has 7 nitrogen and oxygen atoms in total. The van der Waals surface area contributed by atoms with Gasteiger partial charge in [0, 0.05) is 35.8 Å². The van der Waals surface area contributed by atoms with Gasteiger partial charge in [-0.2, -0.15) is 0 Å². The number of esters is 1. The zero-order valence-electron chi connectivity index (χ0n) is 19.6. The highest BCUT2D eigenvalue weighted by atomic mass is 19.1. The van der Waals surface area contributed by atoms with Crippen LogP contribution in [-0.4, -0.2) is 47.8 Å². The van der Waals surface area contributed by atoms with Crippen LogP contribution in [0, 0.1) is 5.82 Å². The number of carbonyl (C=O) groups excluding carboxylic acids is 1. The quantitative estimate of drug-likeness (QED) is 0.540. The van der Waals surface area contributed by atoms with Gasteiger partial charge >= 0.3 is 12.1 Å². The van der Waals surface area contributed by atoms with Crippen molar-refractivity contribution in [2.75, 3.05) is 20.8 Å².